The molecule has 0 saturated carbocycles. The molecule has 5 rings (SSSR count). The van der Waals surface area contributed by atoms with Gasteiger partial charge in [0.05, 0.1) is 0 Å². The second-order valence-corrected chi connectivity index (χ2v) is 12.2. The highest BCUT2D eigenvalue weighted by molar-refractivity contribution is 6.35. The van der Waals surface area contributed by atoms with Crippen LogP contribution in [0.5, 0.6) is 0 Å². The van der Waals surface area contributed by atoms with Crippen LogP contribution in [0.15, 0.2) is 47.3 Å². The first-order chi connectivity index (χ1) is 20.3. The standard InChI is InChI=1S/C35H46BN4O2/c1-5-40(30-13-15-36-16-14-30)33-21-29(28-11-9-27(10-12-28)23-39-17-7-6-8-18-39)20-31(26(33)4)34(41)37-22-32-24(2)19-25(3)38-35(32)42/h9-12,19-21,30H,5-8,13-18,22-23H2,1-4H3,(H,37,41)(H,38,42). The first-order valence-electron chi connectivity index (χ1n) is 15.9. The highest BCUT2D eigenvalue weighted by Crippen LogP contribution is 2.35. The summed E-state index contributed by atoms with van der Waals surface area (Å²) in [6.07, 6.45) is 8.47. The number of aromatic nitrogens is 1. The topological polar surface area (TPSA) is 68.4 Å². The number of aromatic amines is 1. The number of likely N-dealkylation sites (tertiary alicyclic amines) is 1. The molecule has 3 heterocycles. The predicted octanol–water partition coefficient (Wildman–Crippen LogP) is 6.41. The Bertz CT molecular complexity index is 1440. The van der Waals surface area contributed by atoms with Crippen LogP contribution in [-0.2, 0) is 13.1 Å². The predicted molar refractivity (Wildman–Crippen MR) is 175 cm³/mol. The summed E-state index contributed by atoms with van der Waals surface area (Å²) >= 11 is 0. The van der Waals surface area contributed by atoms with Crippen LogP contribution < -0.4 is 15.8 Å². The summed E-state index contributed by atoms with van der Waals surface area (Å²) in [5.41, 5.74) is 8.46. The number of nitrogens with one attached hydrogen (secondary N) is 2. The minimum atomic E-state index is -0.148. The monoisotopic (exact) mass is 565 g/mol. The van der Waals surface area contributed by atoms with E-state index in [-0.39, 0.29) is 18.0 Å². The van der Waals surface area contributed by atoms with E-state index in [0.717, 1.165) is 72.2 Å². The fraction of sp³-hybridized carbons (Fsp3) is 0.486. The summed E-state index contributed by atoms with van der Waals surface area (Å²) in [6.45, 7) is 12.5. The summed E-state index contributed by atoms with van der Waals surface area (Å²) < 4.78 is 0. The number of amides is 1. The molecule has 3 aromatic rings. The van der Waals surface area contributed by atoms with Gasteiger partial charge in [-0.2, -0.15) is 0 Å². The van der Waals surface area contributed by atoms with Crippen LogP contribution in [0.4, 0.5) is 5.69 Å². The molecule has 0 spiro atoms. The molecule has 0 bridgehead atoms. The number of nitrogens with zero attached hydrogens (tertiary/aromatic N) is 2. The molecular weight excluding hydrogens is 519 g/mol. The SMILES string of the molecule is CCN(c1cc(-c2ccc(CN3CCCCC3)cc2)cc(C(=O)NCc2c(C)cc(C)[nH]c2=O)c1C)C1CC[B]CC1. The van der Waals surface area contributed by atoms with Gasteiger partial charge in [0.1, 0.15) is 7.28 Å². The first-order valence-corrected chi connectivity index (χ1v) is 15.9. The lowest BCUT2D eigenvalue weighted by atomic mass is 9.63. The molecule has 6 nitrogen and oxygen atoms in total. The van der Waals surface area contributed by atoms with Gasteiger partial charge >= 0.3 is 0 Å². The number of hydrogen-bond acceptors (Lipinski definition) is 4. The van der Waals surface area contributed by atoms with E-state index < -0.39 is 0 Å². The third-order valence-electron chi connectivity index (χ3n) is 9.19. The van der Waals surface area contributed by atoms with Crippen LogP contribution in [0.1, 0.15) is 77.3 Å². The quantitative estimate of drug-likeness (QED) is 0.294. The molecule has 7 heteroatoms. The van der Waals surface area contributed by atoms with Crippen molar-refractivity contribution in [3.8, 4) is 11.1 Å². The number of aryl methyl sites for hydroxylation is 2. The van der Waals surface area contributed by atoms with Gasteiger partial charge in [-0.25, -0.2) is 0 Å². The van der Waals surface area contributed by atoms with Gasteiger partial charge in [-0.15, -0.1) is 0 Å². The number of rotatable bonds is 9. The number of anilines is 1. The minimum Gasteiger partial charge on any atom is -0.369 e. The summed E-state index contributed by atoms with van der Waals surface area (Å²) in [5, 5.41) is 3.07. The van der Waals surface area contributed by atoms with Gasteiger partial charge < -0.3 is 15.2 Å². The third-order valence-corrected chi connectivity index (χ3v) is 9.19. The summed E-state index contributed by atoms with van der Waals surface area (Å²) in [6, 6.07) is 15.6. The van der Waals surface area contributed by atoms with Gasteiger partial charge in [0.25, 0.3) is 11.5 Å². The van der Waals surface area contributed by atoms with E-state index in [1.54, 1.807) is 0 Å². The summed E-state index contributed by atoms with van der Waals surface area (Å²) in [4.78, 5) is 34.3. The van der Waals surface area contributed by atoms with Crippen molar-refractivity contribution in [2.45, 2.75) is 91.6 Å². The Balaban J connectivity index is 1.46. The lowest BCUT2D eigenvalue weighted by molar-refractivity contribution is 0.0950. The van der Waals surface area contributed by atoms with Gasteiger partial charge in [0, 0.05) is 48.2 Å². The van der Waals surface area contributed by atoms with Gasteiger partial charge in [-0.1, -0.05) is 43.3 Å². The van der Waals surface area contributed by atoms with E-state index in [0.29, 0.717) is 17.2 Å². The average molecular weight is 566 g/mol. The van der Waals surface area contributed by atoms with Gasteiger partial charge in [-0.3, -0.25) is 14.5 Å². The first kappa shape index (κ1) is 30.2. The van der Waals surface area contributed by atoms with Crippen LogP contribution in [0.2, 0.25) is 12.6 Å². The highest BCUT2D eigenvalue weighted by atomic mass is 16.1. The maximum absolute atomic E-state index is 13.8. The summed E-state index contributed by atoms with van der Waals surface area (Å²) in [7, 11) is 2.40. The number of carbonyl (C=O) groups is 1. The molecule has 2 fully saturated rings. The lowest BCUT2D eigenvalue weighted by Crippen LogP contribution is -2.38. The molecule has 0 aliphatic carbocycles. The fourth-order valence-electron chi connectivity index (χ4n) is 6.79. The van der Waals surface area contributed by atoms with E-state index in [1.807, 2.05) is 26.0 Å². The average Bonchev–Trinajstić information content (AvgIpc) is 2.99. The van der Waals surface area contributed by atoms with Gasteiger partial charge in [0.2, 0.25) is 0 Å². The van der Waals surface area contributed by atoms with Crippen LogP contribution in [-0.4, -0.2) is 48.7 Å². The van der Waals surface area contributed by atoms with Crippen molar-refractivity contribution >= 4 is 18.9 Å². The number of hydrogen-bond donors (Lipinski definition) is 2. The maximum atomic E-state index is 13.8. The Morgan fingerprint density at radius 2 is 1.71 bits per heavy atom. The van der Waals surface area contributed by atoms with Gasteiger partial charge in [-0.05, 0) is 112 Å². The normalized spacial score (nSPS) is 16.2. The largest absolute Gasteiger partial charge is 0.369 e. The Labute approximate surface area is 252 Å². The van der Waals surface area contributed by atoms with Crippen molar-refractivity contribution in [2.24, 2.45) is 0 Å². The lowest BCUT2D eigenvalue weighted by Gasteiger charge is -2.37. The number of benzene rings is 2. The molecule has 2 aliphatic rings. The number of piperidine rings is 1. The molecule has 221 valence electrons. The molecule has 1 aromatic heterocycles. The Morgan fingerprint density at radius 1 is 1.00 bits per heavy atom. The van der Waals surface area contributed by atoms with Crippen molar-refractivity contribution in [1.82, 2.24) is 15.2 Å². The molecule has 0 atom stereocenters. The van der Waals surface area contributed by atoms with Crippen LogP contribution in [0, 0.1) is 20.8 Å². The van der Waals surface area contributed by atoms with E-state index in [1.165, 1.54) is 37.9 Å². The van der Waals surface area contributed by atoms with Gasteiger partial charge in [0.15, 0.2) is 0 Å². The van der Waals surface area contributed by atoms with E-state index in [2.05, 4.69) is 71.6 Å². The van der Waals surface area contributed by atoms with Crippen molar-refractivity contribution in [3.63, 3.8) is 0 Å². The van der Waals surface area contributed by atoms with Crippen LogP contribution >= 0.6 is 0 Å². The Kier molecular flexibility index (Phi) is 9.89. The molecule has 2 aromatic carbocycles. The van der Waals surface area contributed by atoms with Crippen molar-refractivity contribution in [2.75, 3.05) is 24.5 Å². The minimum absolute atomic E-state index is 0.144. The van der Waals surface area contributed by atoms with Crippen LogP contribution in [0.25, 0.3) is 11.1 Å². The summed E-state index contributed by atoms with van der Waals surface area (Å²) in [5.74, 6) is -0.148. The van der Waals surface area contributed by atoms with Crippen molar-refractivity contribution in [3.05, 3.63) is 86.3 Å². The second kappa shape index (κ2) is 13.8. The molecule has 0 unspecified atom stereocenters. The van der Waals surface area contributed by atoms with E-state index >= 15 is 0 Å². The van der Waals surface area contributed by atoms with Crippen molar-refractivity contribution < 1.29 is 4.79 Å². The van der Waals surface area contributed by atoms with E-state index in [9.17, 15) is 9.59 Å². The number of pyridine rings is 1. The van der Waals surface area contributed by atoms with E-state index in [4.69, 9.17) is 0 Å². The van der Waals surface area contributed by atoms with Crippen molar-refractivity contribution in [1.29, 1.82) is 0 Å². The highest BCUT2D eigenvalue weighted by Gasteiger charge is 2.25. The number of H-pyrrole nitrogens is 1. The Morgan fingerprint density at radius 3 is 2.38 bits per heavy atom. The second-order valence-electron chi connectivity index (χ2n) is 12.2. The zero-order chi connectivity index (χ0) is 29.6. The number of carbonyl (C=O) groups excluding carboxylic acids is 1. The zero-order valence-corrected chi connectivity index (χ0v) is 25.9. The molecule has 2 N–H and O–H groups in total. The molecule has 1 radical (unpaired) electrons. The molecule has 2 aliphatic heterocycles. The maximum Gasteiger partial charge on any atom is 0.253 e. The fourth-order valence-corrected chi connectivity index (χ4v) is 6.79. The smallest absolute Gasteiger partial charge is 0.253 e. The van der Waals surface area contributed by atoms with Crippen LogP contribution in [0.3, 0.4) is 0 Å². The Hall–Kier alpha value is -3.32. The third kappa shape index (κ3) is 7.00. The zero-order valence-electron chi connectivity index (χ0n) is 25.9. The molecule has 2 saturated heterocycles. The molecule has 1 amide bonds. The molecule has 42 heavy (non-hydrogen) atoms. The molecular formula is C35H46BN4O2.